The van der Waals surface area contributed by atoms with Crippen molar-refractivity contribution >= 4 is 44.9 Å². The number of nitrogens with zero attached hydrogens (tertiary/aromatic N) is 3. The molecule has 1 atom stereocenters. The summed E-state index contributed by atoms with van der Waals surface area (Å²) in [6.45, 7) is 2.77. The van der Waals surface area contributed by atoms with E-state index in [2.05, 4.69) is 16.9 Å². The molecule has 20 heavy (non-hydrogen) atoms. The Hall–Kier alpha value is -1.40. The lowest BCUT2D eigenvalue weighted by Crippen LogP contribution is -2.36. The summed E-state index contributed by atoms with van der Waals surface area (Å²) in [7, 11) is 0. The maximum atomic E-state index is 11.4. The van der Waals surface area contributed by atoms with E-state index >= 15 is 0 Å². The van der Waals surface area contributed by atoms with Crippen molar-refractivity contribution in [1.29, 1.82) is 0 Å². The minimum Gasteiger partial charge on any atom is -0.480 e. The second-order valence-electron chi connectivity index (χ2n) is 4.79. The summed E-state index contributed by atoms with van der Waals surface area (Å²) < 4.78 is 0. The quantitative estimate of drug-likeness (QED) is 0.883. The van der Waals surface area contributed by atoms with Gasteiger partial charge in [-0.1, -0.05) is 6.92 Å². The molecule has 1 fully saturated rings. The summed E-state index contributed by atoms with van der Waals surface area (Å²) in [6.07, 6.45) is 2.41. The van der Waals surface area contributed by atoms with E-state index in [1.807, 2.05) is 11.0 Å². The van der Waals surface area contributed by atoms with Crippen LogP contribution in [-0.4, -0.2) is 33.6 Å². The molecule has 1 aliphatic heterocycles. The van der Waals surface area contributed by atoms with Gasteiger partial charge in [-0.25, -0.2) is 9.78 Å². The molecule has 7 heteroatoms. The maximum absolute atomic E-state index is 11.4. The molecule has 0 aliphatic carbocycles. The number of rotatable bonds is 3. The van der Waals surface area contributed by atoms with Gasteiger partial charge in [0.05, 0.1) is 5.39 Å². The minimum atomic E-state index is -0.809. The second kappa shape index (κ2) is 5.18. The van der Waals surface area contributed by atoms with Gasteiger partial charge in [0, 0.05) is 11.4 Å². The molecule has 1 aliphatic rings. The normalized spacial score (nSPS) is 18.9. The molecule has 0 amide bonds. The number of halogens is 1. The van der Waals surface area contributed by atoms with Crippen LogP contribution in [0.25, 0.3) is 10.2 Å². The topological polar surface area (TPSA) is 66.3 Å². The first-order valence-electron chi connectivity index (χ1n) is 6.55. The number of carboxylic acid groups (broad SMARTS) is 1. The minimum absolute atomic E-state index is 0.174. The van der Waals surface area contributed by atoms with Crippen molar-refractivity contribution in [3.05, 3.63) is 16.2 Å². The number of thiophene rings is 1. The monoisotopic (exact) mass is 311 g/mol. The molecular weight excluding hydrogens is 298 g/mol. The number of aliphatic carboxylic acids is 1. The maximum Gasteiger partial charge on any atom is 0.326 e. The average molecular weight is 312 g/mol. The average Bonchev–Trinajstić information content (AvgIpc) is 3.03. The summed E-state index contributed by atoms with van der Waals surface area (Å²) in [5.41, 5.74) is 0. The van der Waals surface area contributed by atoms with Gasteiger partial charge in [0.1, 0.15) is 16.7 Å². The molecule has 3 rings (SSSR count). The molecule has 1 N–H and O–H groups in total. The first kappa shape index (κ1) is 13.6. The summed E-state index contributed by atoms with van der Waals surface area (Å²) in [5.74, 6) is -0.155. The Kier molecular flexibility index (Phi) is 3.52. The van der Waals surface area contributed by atoms with E-state index in [0.29, 0.717) is 18.8 Å². The van der Waals surface area contributed by atoms with Crippen molar-refractivity contribution in [3.8, 4) is 0 Å². The van der Waals surface area contributed by atoms with E-state index in [4.69, 9.17) is 11.6 Å². The third kappa shape index (κ3) is 2.23. The zero-order valence-electron chi connectivity index (χ0n) is 11.0. The molecule has 0 bridgehead atoms. The molecule has 1 saturated heterocycles. The fourth-order valence-corrected chi connectivity index (χ4v) is 3.78. The van der Waals surface area contributed by atoms with Crippen LogP contribution in [-0.2, 0) is 11.2 Å². The zero-order valence-corrected chi connectivity index (χ0v) is 12.5. The molecule has 0 aromatic carbocycles. The molecule has 2 aromatic heterocycles. The fourth-order valence-electron chi connectivity index (χ4n) is 2.60. The Morgan fingerprint density at radius 2 is 2.40 bits per heavy atom. The summed E-state index contributed by atoms with van der Waals surface area (Å²) >= 11 is 7.58. The molecule has 0 saturated carbocycles. The number of aryl methyl sites for hydroxylation is 1. The first-order chi connectivity index (χ1) is 9.60. The third-order valence-corrected chi connectivity index (χ3v) is 4.90. The van der Waals surface area contributed by atoms with E-state index < -0.39 is 12.0 Å². The Bertz CT molecular complexity index is 673. The summed E-state index contributed by atoms with van der Waals surface area (Å²) in [4.78, 5) is 23.7. The predicted octanol–water partition coefficient (Wildman–Crippen LogP) is 2.96. The third-order valence-electron chi connectivity index (χ3n) is 3.55. The van der Waals surface area contributed by atoms with Crippen LogP contribution in [0.4, 0.5) is 5.82 Å². The van der Waals surface area contributed by atoms with Crippen LogP contribution in [0.1, 0.15) is 24.6 Å². The zero-order chi connectivity index (χ0) is 14.3. The second-order valence-corrected chi connectivity index (χ2v) is 6.24. The van der Waals surface area contributed by atoms with Gasteiger partial charge in [-0.3, -0.25) is 0 Å². The molecule has 0 spiro atoms. The van der Waals surface area contributed by atoms with Crippen LogP contribution in [0.15, 0.2) is 6.07 Å². The van der Waals surface area contributed by atoms with Gasteiger partial charge in [0.25, 0.3) is 0 Å². The number of fused-ring (bicyclic) bond motifs is 1. The number of hydrogen-bond acceptors (Lipinski definition) is 5. The summed E-state index contributed by atoms with van der Waals surface area (Å²) in [5, 5.41) is 10.4. The first-order valence-corrected chi connectivity index (χ1v) is 7.75. The molecule has 5 nitrogen and oxygen atoms in total. The van der Waals surface area contributed by atoms with E-state index in [9.17, 15) is 9.90 Å². The highest BCUT2D eigenvalue weighted by atomic mass is 35.5. The SMILES string of the molecule is CCc1cc2c(N3CCCC3C(=O)O)nc(Cl)nc2s1. The van der Waals surface area contributed by atoms with E-state index in [-0.39, 0.29) is 5.28 Å². The van der Waals surface area contributed by atoms with Gasteiger partial charge in [-0.05, 0) is 36.9 Å². The molecule has 2 aromatic rings. The van der Waals surface area contributed by atoms with Gasteiger partial charge < -0.3 is 10.0 Å². The van der Waals surface area contributed by atoms with E-state index in [0.717, 1.165) is 23.1 Å². The molecule has 1 unspecified atom stereocenters. The van der Waals surface area contributed by atoms with E-state index in [1.54, 1.807) is 11.3 Å². The molecule has 0 radical (unpaired) electrons. The number of aromatic nitrogens is 2. The lowest BCUT2D eigenvalue weighted by molar-refractivity contribution is -0.138. The Labute approximate surface area is 125 Å². The number of anilines is 1. The van der Waals surface area contributed by atoms with Crippen molar-refractivity contribution in [2.24, 2.45) is 0 Å². The van der Waals surface area contributed by atoms with Gasteiger partial charge in [0.2, 0.25) is 5.28 Å². The molecule has 3 heterocycles. The van der Waals surface area contributed by atoms with E-state index in [1.165, 1.54) is 4.88 Å². The predicted molar refractivity (Wildman–Crippen MR) is 79.8 cm³/mol. The van der Waals surface area contributed by atoms with Crippen molar-refractivity contribution in [3.63, 3.8) is 0 Å². The standard InChI is InChI=1S/C13H14ClN3O2S/c1-2-7-6-8-10(15-13(14)16-11(8)20-7)17-5-3-4-9(17)12(18)19/h6,9H,2-5H2,1H3,(H,18,19). The molecule has 106 valence electrons. The van der Waals surface area contributed by atoms with Gasteiger partial charge in [0.15, 0.2) is 0 Å². The molecular formula is C13H14ClN3O2S. The van der Waals surface area contributed by atoms with Crippen LogP contribution in [0.2, 0.25) is 5.28 Å². The van der Waals surface area contributed by atoms with Crippen LogP contribution < -0.4 is 4.90 Å². The largest absolute Gasteiger partial charge is 0.480 e. The van der Waals surface area contributed by atoms with Gasteiger partial charge >= 0.3 is 5.97 Å². The van der Waals surface area contributed by atoms with Crippen molar-refractivity contribution in [2.75, 3.05) is 11.4 Å². The van der Waals surface area contributed by atoms with Crippen LogP contribution in [0, 0.1) is 0 Å². The highest BCUT2D eigenvalue weighted by Crippen LogP contribution is 2.35. The van der Waals surface area contributed by atoms with Crippen LogP contribution >= 0.6 is 22.9 Å². The van der Waals surface area contributed by atoms with Gasteiger partial charge in [-0.2, -0.15) is 4.98 Å². The lowest BCUT2D eigenvalue weighted by Gasteiger charge is -2.23. The smallest absolute Gasteiger partial charge is 0.326 e. The fraction of sp³-hybridized carbons (Fsp3) is 0.462. The highest BCUT2D eigenvalue weighted by Gasteiger charge is 2.33. The number of carbonyl (C=O) groups is 1. The number of hydrogen-bond donors (Lipinski definition) is 1. The van der Waals surface area contributed by atoms with Crippen molar-refractivity contribution in [1.82, 2.24) is 9.97 Å². The Morgan fingerprint density at radius 1 is 1.60 bits per heavy atom. The summed E-state index contributed by atoms with van der Waals surface area (Å²) in [6, 6.07) is 1.53. The highest BCUT2D eigenvalue weighted by molar-refractivity contribution is 7.18. The lowest BCUT2D eigenvalue weighted by atomic mass is 10.2. The Morgan fingerprint density at radius 3 is 3.10 bits per heavy atom. The van der Waals surface area contributed by atoms with Crippen molar-refractivity contribution in [2.45, 2.75) is 32.2 Å². The number of carboxylic acids is 1. The van der Waals surface area contributed by atoms with Crippen LogP contribution in [0.3, 0.4) is 0 Å². The van der Waals surface area contributed by atoms with Crippen LogP contribution in [0.5, 0.6) is 0 Å². The van der Waals surface area contributed by atoms with Gasteiger partial charge in [-0.15, -0.1) is 11.3 Å². The van der Waals surface area contributed by atoms with Crippen molar-refractivity contribution < 1.29 is 9.90 Å². The Balaban J connectivity index is 2.14.